The summed E-state index contributed by atoms with van der Waals surface area (Å²) >= 11 is 0. The average molecular weight is 370 g/mol. The second-order valence-corrected chi connectivity index (χ2v) is 8.18. The lowest BCUT2D eigenvalue weighted by atomic mass is 9.84. The Balaban J connectivity index is 1.35. The summed E-state index contributed by atoms with van der Waals surface area (Å²) in [6.45, 7) is 1.37. The number of benzene rings is 1. The number of hydrogen-bond acceptors (Lipinski definition) is 4. The summed E-state index contributed by atoms with van der Waals surface area (Å²) in [5.41, 5.74) is 0.405. The fourth-order valence-corrected chi connectivity index (χ4v) is 4.33. The lowest BCUT2D eigenvalue weighted by Crippen LogP contribution is -2.46. The van der Waals surface area contributed by atoms with E-state index in [1.807, 2.05) is 12.1 Å². The number of esters is 1. The molecule has 1 N–H and O–H groups in total. The van der Waals surface area contributed by atoms with Crippen LogP contribution in [0.1, 0.15) is 63.4 Å². The summed E-state index contributed by atoms with van der Waals surface area (Å²) in [4.78, 5) is 37.9. The Bertz CT molecular complexity index is 750. The van der Waals surface area contributed by atoms with Gasteiger partial charge < -0.3 is 10.1 Å². The molecule has 6 heteroatoms. The highest BCUT2D eigenvalue weighted by Crippen LogP contribution is 2.42. The number of carbonyl (C=O) groups is 3. The fourth-order valence-electron chi connectivity index (χ4n) is 4.33. The molecule has 1 unspecified atom stereocenters. The first kappa shape index (κ1) is 18.0. The van der Waals surface area contributed by atoms with Crippen molar-refractivity contribution in [1.29, 1.82) is 0 Å². The highest BCUT2D eigenvalue weighted by Gasteiger charge is 2.56. The van der Waals surface area contributed by atoms with Crippen LogP contribution in [0.3, 0.4) is 0 Å². The van der Waals surface area contributed by atoms with Crippen LogP contribution in [0.4, 0.5) is 4.79 Å². The molecule has 0 radical (unpaired) electrons. The molecule has 144 valence electrons. The zero-order chi connectivity index (χ0) is 19.0. The molecule has 1 saturated heterocycles. The van der Waals surface area contributed by atoms with E-state index in [0.29, 0.717) is 11.7 Å². The third-order valence-corrected chi connectivity index (χ3v) is 6.17. The Morgan fingerprint density at radius 2 is 1.78 bits per heavy atom. The van der Waals surface area contributed by atoms with Crippen LogP contribution in [0.2, 0.25) is 0 Å². The Morgan fingerprint density at radius 1 is 1.11 bits per heavy atom. The van der Waals surface area contributed by atoms with Crippen LogP contribution < -0.4 is 10.1 Å². The topological polar surface area (TPSA) is 75.7 Å². The van der Waals surface area contributed by atoms with Gasteiger partial charge in [-0.2, -0.15) is 0 Å². The van der Waals surface area contributed by atoms with E-state index in [9.17, 15) is 14.4 Å². The summed E-state index contributed by atoms with van der Waals surface area (Å²) < 4.78 is 5.35. The lowest BCUT2D eigenvalue weighted by molar-refractivity contribution is -0.141. The van der Waals surface area contributed by atoms with E-state index in [0.717, 1.165) is 17.7 Å². The molecule has 2 saturated carbocycles. The van der Waals surface area contributed by atoms with Crippen molar-refractivity contribution in [2.24, 2.45) is 5.92 Å². The van der Waals surface area contributed by atoms with Gasteiger partial charge >= 0.3 is 12.0 Å². The number of ether oxygens (including phenoxy) is 1. The molecule has 1 aromatic carbocycles. The van der Waals surface area contributed by atoms with E-state index in [2.05, 4.69) is 5.32 Å². The van der Waals surface area contributed by atoms with Gasteiger partial charge in [-0.25, -0.2) is 9.59 Å². The van der Waals surface area contributed by atoms with Crippen LogP contribution in [0, 0.1) is 5.92 Å². The van der Waals surface area contributed by atoms with Crippen molar-refractivity contribution < 1.29 is 19.1 Å². The normalized spacial score (nSPS) is 26.2. The minimum atomic E-state index is -0.876. The Labute approximate surface area is 159 Å². The second kappa shape index (κ2) is 6.98. The van der Waals surface area contributed by atoms with Crippen LogP contribution >= 0.6 is 0 Å². The van der Waals surface area contributed by atoms with E-state index < -0.39 is 17.5 Å². The minimum Gasteiger partial charge on any atom is -0.425 e. The van der Waals surface area contributed by atoms with E-state index in [4.69, 9.17) is 4.74 Å². The number of amides is 3. The number of nitrogens with zero attached hydrogens (tertiary/aromatic N) is 1. The molecule has 1 atom stereocenters. The molecule has 1 aromatic rings. The molecule has 0 aromatic heterocycles. The smallest absolute Gasteiger partial charge is 0.331 e. The molecule has 4 rings (SSSR count). The van der Waals surface area contributed by atoms with E-state index >= 15 is 0 Å². The van der Waals surface area contributed by atoms with Crippen LogP contribution in [-0.4, -0.2) is 34.9 Å². The van der Waals surface area contributed by atoms with E-state index in [-0.39, 0.29) is 18.4 Å². The zero-order valence-electron chi connectivity index (χ0n) is 15.7. The van der Waals surface area contributed by atoms with Gasteiger partial charge in [0.2, 0.25) is 0 Å². The lowest BCUT2D eigenvalue weighted by Gasteiger charge is -2.22. The predicted molar refractivity (Wildman–Crippen MR) is 99.3 cm³/mol. The second-order valence-electron chi connectivity index (χ2n) is 8.18. The molecule has 3 amide bonds. The first-order chi connectivity index (χ1) is 13.0. The van der Waals surface area contributed by atoms with E-state index in [1.54, 1.807) is 19.1 Å². The van der Waals surface area contributed by atoms with Gasteiger partial charge in [0.25, 0.3) is 5.91 Å². The Morgan fingerprint density at radius 3 is 2.41 bits per heavy atom. The number of rotatable bonds is 5. The summed E-state index contributed by atoms with van der Waals surface area (Å²) in [6.07, 6.45) is 8.13. The fraction of sp³-hybridized carbons (Fsp3) is 0.571. The summed E-state index contributed by atoms with van der Waals surface area (Å²) in [5.74, 6) is 0.261. The molecular formula is C21H26N2O4. The standard InChI is InChI=1S/C21H26N2O4/c1-21(16-9-10-16)19(25)23(20(26)22-21)13-18(24)27-17-11-7-15(8-12-17)14-5-3-2-4-6-14/h7-8,11-12,14,16H,2-6,9-10,13H2,1H3,(H,22,26). The van der Waals surface area contributed by atoms with E-state index in [1.165, 1.54) is 37.7 Å². The van der Waals surface area contributed by atoms with Crippen molar-refractivity contribution >= 4 is 17.9 Å². The highest BCUT2D eigenvalue weighted by atomic mass is 16.5. The maximum absolute atomic E-state index is 12.6. The van der Waals surface area contributed by atoms with Crippen molar-refractivity contribution in [2.45, 2.75) is 63.3 Å². The number of carbonyl (C=O) groups excluding carboxylic acids is 3. The third-order valence-electron chi connectivity index (χ3n) is 6.17. The summed E-state index contributed by atoms with van der Waals surface area (Å²) in [7, 11) is 0. The predicted octanol–water partition coefficient (Wildman–Crippen LogP) is 3.36. The van der Waals surface area contributed by atoms with Gasteiger partial charge in [0.1, 0.15) is 17.8 Å². The van der Waals surface area contributed by atoms with Gasteiger partial charge in [-0.15, -0.1) is 0 Å². The van der Waals surface area contributed by atoms with Crippen LogP contribution in [0.15, 0.2) is 24.3 Å². The number of urea groups is 1. The SMILES string of the molecule is CC1(C2CC2)NC(=O)N(CC(=O)Oc2ccc(C3CCCCC3)cc2)C1=O. The minimum absolute atomic E-state index is 0.169. The molecule has 3 fully saturated rings. The van der Waals surface area contributed by atoms with Gasteiger partial charge in [-0.05, 0) is 62.1 Å². The molecule has 0 bridgehead atoms. The van der Waals surface area contributed by atoms with Gasteiger partial charge in [0, 0.05) is 0 Å². The molecule has 6 nitrogen and oxygen atoms in total. The van der Waals surface area contributed by atoms with Gasteiger partial charge in [-0.3, -0.25) is 9.69 Å². The van der Waals surface area contributed by atoms with Crippen molar-refractivity contribution in [2.75, 3.05) is 6.54 Å². The van der Waals surface area contributed by atoms with Gasteiger partial charge in [-0.1, -0.05) is 31.4 Å². The van der Waals surface area contributed by atoms with Crippen molar-refractivity contribution in [1.82, 2.24) is 10.2 Å². The quantitative estimate of drug-likeness (QED) is 0.490. The van der Waals surface area contributed by atoms with Gasteiger partial charge in [0.05, 0.1) is 0 Å². The first-order valence-electron chi connectivity index (χ1n) is 9.92. The molecule has 1 heterocycles. The van der Waals surface area contributed by atoms with Crippen LogP contribution in [-0.2, 0) is 9.59 Å². The summed E-state index contributed by atoms with van der Waals surface area (Å²) in [5, 5.41) is 2.73. The first-order valence-corrected chi connectivity index (χ1v) is 9.92. The number of imide groups is 1. The van der Waals surface area contributed by atoms with Crippen molar-refractivity contribution in [3.8, 4) is 5.75 Å². The molecular weight excluding hydrogens is 344 g/mol. The molecule has 1 aliphatic heterocycles. The van der Waals surface area contributed by atoms with Crippen LogP contribution in [0.25, 0.3) is 0 Å². The maximum atomic E-state index is 12.6. The third kappa shape index (κ3) is 3.57. The monoisotopic (exact) mass is 370 g/mol. The average Bonchev–Trinajstić information content (AvgIpc) is 3.49. The summed E-state index contributed by atoms with van der Waals surface area (Å²) in [6, 6.07) is 7.09. The zero-order valence-corrected chi connectivity index (χ0v) is 15.7. The van der Waals surface area contributed by atoms with Crippen LogP contribution in [0.5, 0.6) is 5.75 Å². The largest absolute Gasteiger partial charge is 0.425 e. The molecule has 27 heavy (non-hydrogen) atoms. The molecule has 0 spiro atoms. The number of nitrogens with one attached hydrogen (secondary N) is 1. The Hall–Kier alpha value is -2.37. The molecule has 2 aliphatic carbocycles. The number of hydrogen-bond donors (Lipinski definition) is 1. The highest BCUT2D eigenvalue weighted by molar-refractivity contribution is 6.08. The Kier molecular flexibility index (Phi) is 4.66. The van der Waals surface area contributed by atoms with Gasteiger partial charge in [0.15, 0.2) is 0 Å². The van der Waals surface area contributed by atoms with Crippen molar-refractivity contribution in [3.05, 3.63) is 29.8 Å². The van der Waals surface area contributed by atoms with Crippen molar-refractivity contribution in [3.63, 3.8) is 0 Å². The maximum Gasteiger partial charge on any atom is 0.331 e. The molecule has 3 aliphatic rings.